The molecule has 0 aliphatic carbocycles. The Hall–Kier alpha value is -2.96. The van der Waals surface area contributed by atoms with Crippen LogP contribution in [0.25, 0.3) is 0 Å². The van der Waals surface area contributed by atoms with Crippen LogP contribution in [0.5, 0.6) is 0 Å². The third-order valence-electron chi connectivity index (χ3n) is 6.05. The van der Waals surface area contributed by atoms with E-state index in [1.54, 1.807) is 23.3 Å². The molecule has 0 radical (unpaired) electrons. The minimum Gasteiger partial charge on any atom is -0.383 e. The largest absolute Gasteiger partial charge is 0.383 e. The van der Waals surface area contributed by atoms with Gasteiger partial charge in [-0.15, -0.1) is 11.3 Å². The molecule has 35 heavy (non-hydrogen) atoms. The normalized spacial score (nSPS) is 11.3. The number of carbonyl (C=O) groups is 2. The molecule has 0 saturated carbocycles. The number of benzene rings is 2. The van der Waals surface area contributed by atoms with Crippen molar-refractivity contribution >= 4 is 23.2 Å². The minimum atomic E-state index is -0.164. The lowest BCUT2D eigenvalue weighted by molar-refractivity contribution is -0.133. The number of methoxy groups -OCH3 is 1. The molecule has 0 bridgehead atoms. The average molecular weight is 493 g/mol. The molecule has 0 spiro atoms. The van der Waals surface area contributed by atoms with Crippen molar-refractivity contribution in [3.63, 3.8) is 0 Å². The first kappa shape index (κ1) is 26.6. The molecule has 1 heterocycles. The van der Waals surface area contributed by atoms with Gasteiger partial charge in [-0.25, -0.2) is 0 Å². The van der Waals surface area contributed by atoms with Crippen molar-refractivity contribution in [2.24, 2.45) is 0 Å². The number of rotatable bonds is 10. The third kappa shape index (κ3) is 7.51. The van der Waals surface area contributed by atoms with Crippen molar-refractivity contribution in [3.8, 4) is 0 Å². The van der Waals surface area contributed by atoms with E-state index in [-0.39, 0.29) is 23.8 Å². The maximum absolute atomic E-state index is 13.6. The van der Waals surface area contributed by atoms with E-state index in [1.807, 2.05) is 64.9 Å². The molecule has 6 heteroatoms. The van der Waals surface area contributed by atoms with E-state index in [1.165, 1.54) is 5.56 Å². The van der Waals surface area contributed by atoms with E-state index < -0.39 is 0 Å². The van der Waals surface area contributed by atoms with Gasteiger partial charge in [0.1, 0.15) is 6.54 Å². The highest BCUT2D eigenvalue weighted by Gasteiger charge is 2.24. The predicted molar refractivity (Wildman–Crippen MR) is 143 cm³/mol. The number of thiophene rings is 1. The van der Waals surface area contributed by atoms with Crippen molar-refractivity contribution in [3.05, 3.63) is 93.2 Å². The van der Waals surface area contributed by atoms with Gasteiger partial charge >= 0.3 is 0 Å². The second-order valence-electron chi connectivity index (χ2n) is 9.81. The smallest absolute Gasteiger partial charge is 0.254 e. The van der Waals surface area contributed by atoms with Gasteiger partial charge in [0, 0.05) is 30.6 Å². The standard InChI is InChI=1S/C29H36N2O3S/c1-22-15-18-35-26(22)20-31(19-23-9-7-6-8-10-23)27(32)21-30(16-17-34-5)28(33)24-11-13-25(14-12-24)29(2,3)4/h6-15,18H,16-17,19-21H2,1-5H3. The van der Waals surface area contributed by atoms with Crippen LogP contribution in [-0.2, 0) is 28.0 Å². The van der Waals surface area contributed by atoms with E-state index in [4.69, 9.17) is 4.74 Å². The molecule has 186 valence electrons. The lowest BCUT2D eigenvalue weighted by Gasteiger charge is -2.28. The summed E-state index contributed by atoms with van der Waals surface area (Å²) in [5.74, 6) is -0.250. The van der Waals surface area contributed by atoms with Crippen LogP contribution in [0.1, 0.15) is 52.7 Å². The monoisotopic (exact) mass is 492 g/mol. The fourth-order valence-electron chi connectivity index (χ4n) is 3.79. The van der Waals surface area contributed by atoms with Gasteiger partial charge in [0.2, 0.25) is 5.91 Å². The Balaban J connectivity index is 1.81. The van der Waals surface area contributed by atoms with Crippen molar-refractivity contribution < 1.29 is 14.3 Å². The highest BCUT2D eigenvalue weighted by molar-refractivity contribution is 7.10. The molecule has 5 nitrogen and oxygen atoms in total. The van der Waals surface area contributed by atoms with Crippen LogP contribution in [-0.4, -0.2) is 48.4 Å². The number of amides is 2. The fraction of sp³-hybridized carbons (Fsp3) is 0.379. The van der Waals surface area contributed by atoms with Crippen molar-refractivity contribution in [1.29, 1.82) is 0 Å². The van der Waals surface area contributed by atoms with Crippen LogP contribution in [0, 0.1) is 6.92 Å². The number of hydrogen-bond acceptors (Lipinski definition) is 4. The first-order valence-electron chi connectivity index (χ1n) is 11.9. The molecule has 0 atom stereocenters. The average Bonchev–Trinajstić information content (AvgIpc) is 3.25. The fourth-order valence-corrected chi connectivity index (χ4v) is 4.71. The van der Waals surface area contributed by atoms with Gasteiger partial charge in [-0.3, -0.25) is 9.59 Å². The van der Waals surface area contributed by atoms with Crippen molar-refractivity contribution in [2.75, 3.05) is 26.8 Å². The van der Waals surface area contributed by atoms with Gasteiger partial charge < -0.3 is 14.5 Å². The van der Waals surface area contributed by atoms with Gasteiger partial charge in [-0.2, -0.15) is 0 Å². The number of ether oxygens (including phenoxy) is 1. The molecular formula is C29H36N2O3S. The second kappa shape index (κ2) is 12.1. The topological polar surface area (TPSA) is 49.9 Å². The van der Waals surface area contributed by atoms with Crippen LogP contribution in [0.3, 0.4) is 0 Å². The molecule has 0 saturated heterocycles. The first-order chi connectivity index (χ1) is 16.7. The SMILES string of the molecule is COCCN(CC(=O)N(Cc1ccccc1)Cc1sccc1C)C(=O)c1ccc(C(C)(C)C)cc1. The van der Waals surface area contributed by atoms with E-state index in [9.17, 15) is 9.59 Å². The van der Waals surface area contributed by atoms with E-state index in [2.05, 4.69) is 33.8 Å². The second-order valence-corrected chi connectivity index (χ2v) is 10.8. The van der Waals surface area contributed by atoms with Gasteiger partial charge in [-0.1, -0.05) is 63.2 Å². The summed E-state index contributed by atoms with van der Waals surface area (Å²) >= 11 is 1.65. The highest BCUT2D eigenvalue weighted by atomic mass is 32.1. The maximum atomic E-state index is 13.6. The molecule has 0 N–H and O–H groups in total. The molecule has 0 aliphatic rings. The van der Waals surface area contributed by atoms with E-state index in [0.717, 1.165) is 16.0 Å². The summed E-state index contributed by atoms with van der Waals surface area (Å²) < 4.78 is 5.24. The quantitative estimate of drug-likeness (QED) is 0.366. The van der Waals surface area contributed by atoms with Gasteiger partial charge in [0.25, 0.3) is 5.91 Å². The molecule has 3 aromatic rings. The first-order valence-corrected chi connectivity index (χ1v) is 12.8. The molecular weight excluding hydrogens is 456 g/mol. The van der Waals surface area contributed by atoms with Gasteiger partial charge in [0.05, 0.1) is 13.2 Å². The molecule has 0 unspecified atom stereocenters. The van der Waals surface area contributed by atoms with Crippen LogP contribution in [0.15, 0.2) is 66.0 Å². The number of aryl methyl sites for hydroxylation is 1. The summed E-state index contributed by atoms with van der Waals surface area (Å²) in [5.41, 5.74) is 3.97. The Morgan fingerprint density at radius 1 is 0.914 bits per heavy atom. The highest BCUT2D eigenvalue weighted by Crippen LogP contribution is 2.23. The summed E-state index contributed by atoms with van der Waals surface area (Å²) in [6.45, 7) is 10.2. The minimum absolute atomic E-state index is 0.000468. The summed E-state index contributed by atoms with van der Waals surface area (Å²) in [6.07, 6.45) is 0. The van der Waals surface area contributed by atoms with Crippen LogP contribution in [0.2, 0.25) is 0 Å². The van der Waals surface area contributed by atoms with Crippen molar-refractivity contribution in [2.45, 2.75) is 46.2 Å². The van der Waals surface area contributed by atoms with Crippen molar-refractivity contribution in [1.82, 2.24) is 9.80 Å². The van der Waals surface area contributed by atoms with Gasteiger partial charge in [-0.05, 0) is 52.6 Å². The summed E-state index contributed by atoms with van der Waals surface area (Å²) in [6, 6.07) is 19.7. The third-order valence-corrected chi connectivity index (χ3v) is 7.06. The summed E-state index contributed by atoms with van der Waals surface area (Å²) in [5, 5.41) is 2.05. The van der Waals surface area contributed by atoms with E-state index in [0.29, 0.717) is 31.8 Å². The molecule has 1 aromatic heterocycles. The molecule has 3 rings (SSSR count). The van der Waals surface area contributed by atoms with Crippen LogP contribution >= 0.6 is 11.3 Å². The summed E-state index contributed by atoms with van der Waals surface area (Å²) in [7, 11) is 1.60. The molecule has 2 amide bonds. The van der Waals surface area contributed by atoms with E-state index >= 15 is 0 Å². The maximum Gasteiger partial charge on any atom is 0.254 e. The summed E-state index contributed by atoms with van der Waals surface area (Å²) in [4.78, 5) is 31.6. The lowest BCUT2D eigenvalue weighted by Crippen LogP contribution is -2.43. The van der Waals surface area contributed by atoms with Crippen LogP contribution in [0.4, 0.5) is 0 Å². The Labute approximate surface area is 213 Å². The number of nitrogens with zero attached hydrogens (tertiary/aromatic N) is 2. The Bertz CT molecular complexity index is 1100. The van der Waals surface area contributed by atoms with Gasteiger partial charge in [0.15, 0.2) is 0 Å². The molecule has 0 aliphatic heterocycles. The Morgan fingerprint density at radius 3 is 2.17 bits per heavy atom. The van der Waals surface area contributed by atoms with Crippen LogP contribution < -0.4 is 0 Å². The predicted octanol–water partition coefficient (Wildman–Crippen LogP) is 5.67. The zero-order valence-electron chi connectivity index (χ0n) is 21.4. The zero-order chi connectivity index (χ0) is 25.4. The number of carbonyl (C=O) groups excluding carboxylic acids is 2. The Morgan fingerprint density at radius 2 is 1.60 bits per heavy atom. The molecule has 0 fully saturated rings. The molecule has 2 aromatic carbocycles. The number of hydrogen-bond donors (Lipinski definition) is 0. The Kier molecular flexibility index (Phi) is 9.24. The lowest BCUT2D eigenvalue weighted by atomic mass is 9.86. The zero-order valence-corrected chi connectivity index (χ0v) is 22.2.